The van der Waals surface area contributed by atoms with Gasteiger partial charge in [-0.15, -0.1) is 0 Å². The van der Waals surface area contributed by atoms with E-state index < -0.39 is 0 Å². The van der Waals surface area contributed by atoms with E-state index in [1.807, 2.05) is 36.9 Å². The maximum Gasteiger partial charge on any atom is 0.251 e. The molecule has 7 nitrogen and oxygen atoms in total. The van der Waals surface area contributed by atoms with Crippen LogP contribution in [0.4, 0.5) is 5.69 Å². The summed E-state index contributed by atoms with van der Waals surface area (Å²) in [5, 5.41) is 5.44. The van der Waals surface area contributed by atoms with Crippen molar-refractivity contribution in [3.8, 4) is 11.5 Å². The molecule has 0 aliphatic rings. The van der Waals surface area contributed by atoms with Crippen molar-refractivity contribution in [2.24, 2.45) is 0 Å². The van der Waals surface area contributed by atoms with Gasteiger partial charge in [0.05, 0.1) is 20.3 Å². The Morgan fingerprint density at radius 2 is 1.76 bits per heavy atom. The van der Waals surface area contributed by atoms with Crippen molar-refractivity contribution in [2.45, 2.75) is 20.4 Å². The van der Waals surface area contributed by atoms with Crippen LogP contribution in [0.5, 0.6) is 11.5 Å². The molecule has 7 heteroatoms. The summed E-state index contributed by atoms with van der Waals surface area (Å²) < 4.78 is 10.9. The molecule has 0 spiro atoms. The van der Waals surface area contributed by atoms with Gasteiger partial charge in [0, 0.05) is 24.8 Å². The molecule has 0 saturated carbocycles. The normalized spacial score (nSPS) is 10.5. The molecule has 2 rings (SSSR count). The number of methoxy groups -OCH3 is 1. The zero-order chi connectivity index (χ0) is 21.2. The molecule has 0 saturated heterocycles. The van der Waals surface area contributed by atoms with Crippen molar-refractivity contribution in [2.75, 3.05) is 39.2 Å². The number of carbonyl (C=O) groups is 2. The Balaban J connectivity index is 1.97. The van der Waals surface area contributed by atoms with Crippen molar-refractivity contribution in [3.63, 3.8) is 0 Å². The second kappa shape index (κ2) is 11.1. The first-order valence-electron chi connectivity index (χ1n) is 9.64. The van der Waals surface area contributed by atoms with Gasteiger partial charge in [-0.25, -0.2) is 0 Å². The Morgan fingerprint density at radius 3 is 2.34 bits per heavy atom. The average Bonchev–Trinajstić information content (AvgIpc) is 2.74. The predicted octanol–water partition coefficient (Wildman–Crippen LogP) is 2.91. The van der Waals surface area contributed by atoms with E-state index in [1.54, 1.807) is 38.4 Å². The minimum absolute atomic E-state index is 0.113. The second-order valence-corrected chi connectivity index (χ2v) is 6.43. The first kappa shape index (κ1) is 22.2. The highest BCUT2D eigenvalue weighted by Gasteiger charge is 2.12. The minimum Gasteiger partial charge on any atom is -0.493 e. The summed E-state index contributed by atoms with van der Waals surface area (Å²) in [4.78, 5) is 26.0. The highest BCUT2D eigenvalue weighted by atomic mass is 16.5. The quantitative estimate of drug-likeness (QED) is 0.642. The fourth-order valence-corrected chi connectivity index (χ4v) is 2.88. The van der Waals surface area contributed by atoms with Gasteiger partial charge in [-0.1, -0.05) is 13.0 Å². The Hall–Kier alpha value is -3.06. The number of anilines is 1. The number of ether oxygens (including phenoxy) is 2. The van der Waals surface area contributed by atoms with E-state index in [4.69, 9.17) is 9.47 Å². The number of likely N-dealkylation sites (N-methyl/N-ethyl adjacent to an activating group) is 1. The van der Waals surface area contributed by atoms with Gasteiger partial charge in [0.15, 0.2) is 11.5 Å². The van der Waals surface area contributed by atoms with Crippen LogP contribution in [0.3, 0.4) is 0 Å². The molecule has 0 fully saturated rings. The van der Waals surface area contributed by atoms with Crippen molar-refractivity contribution in [1.82, 2.24) is 10.2 Å². The smallest absolute Gasteiger partial charge is 0.251 e. The average molecular weight is 399 g/mol. The third-order valence-electron chi connectivity index (χ3n) is 4.41. The van der Waals surface area contributed by atoms with Crippen molar-refractivity contribution >= 4 is 17.5 Å². The Morgan fingerprint density at radius 1 is 1.03 bits per heavy atom. The molecule has 0 heterocycles. The number of carbonyl (C=O) groups excluding carboxylic acids is 2. The molecular formula is C22H29N3O4. The first-order valence-corrected chi connectivity index (χ1v) is 9.64. The Kier molecular flexibility index (Phi) is 8.48. The number of hydrogen-bond donors (Lipinski definition) is 2. The number of rotatable bonds is 10. The van der Waals surface area contributed by atoms with Gasteiger partial charge < -0.3 is 20.1 Å². The minimum atomic E-state index is -0.161. The molecule has 29 heavy (non-hydrogen) atoms. The first-order chi connectivity index (χ1) is 14.0. The van der Waals surface area contributed by atoms with E-state index in [2.05, 4.69) is 10.6 Å². The summed E-state index contributed by atoms with van der Waals surface area (Å²) in [5.74, 6) is 1.11. The summed E-state index contributed by atoms with van der Waals surface area (Å²) in [5.41, 5.74) is 2.24. The van der Waals surface area contributed by atoms with Crippen molar-refractivity contribution in [3.05, 3.63) is 53.6 Å². The molecule has 2 N–H and O–H groups in total. The molecule has 0 aliphatic carbocycles. The number of amides is 2. The third kappa shape index (κ3) is 6.50. The lowest BCUT2D eigenvalue weighted by atomic mass is 10.2. The van der Waals surface area contributed by atoms with Crippen LogP contribution < -0.4 is 20.1 Å². The van der Waals surface area contributed by atoms with E-state index in [0.717, 1.165) is 12.1 Å². The van der Waals surface area contributed by atoms with E-state index in [0.29, 0.717) is 35.9 Å². The van der Waals surface area contributed by atoms with Crippen LogP contribution in [0.2, 0.25) is 0 Å². The van der Waals surface area contributed by atoms with Gasteiger partial charge >= 0.3 is 0 Å². The van der Waals surface area contributed by atoms with Crippen LogP contribution in [0.15, 0.2) is 42.5 Å². The SMILES string of the molecule is CCOc1ccc(CN(CC)CC(=O)Nc2ccc(C(=O)NC)cc2)cc1OC. The maximum absolute atomic E-state index is 12.4. The number of benzene rings is 2. The molecule has 0 unspecified atom stereocenters. The molecule has 0 atom stereocenters. The van der Waals surface area contributed by atoms with Gasteiger partial charge in [0.25, 0.3) is 5.91 Å². The zero-order valence-corrected chi connectivity index (χ0v) is 17.5. The van der Waals surface area contributed by atoms with E-state index >= 15 is 0 Å². The summed E-state index contributed by atoms with van der Waals surface area (Å²) in [6.07, 6.45) is 0. The molecule has 2 aromatic carbocycles. The lowest BCUT2D eigenvalue weighted by Gasteiger charge is -2.21. The molecule has 0 bridgehead atoms. The molecular weight excluding hydrogens is 370 g/mol. The molecule has 2 amide bonds. The topological polar surface area (TPSA) is 79.9 Å². The molecule has 156 valence electrons. The third-order valence-corrected chi connectivity index (χ3v) is 4.41. The fraction of sp³-hybridized carbons (Fsp3) is 0.364. The molecule has 0 radical (unpaired) electrons. The van der Waals surface area contributed by atoms with Gasteiger partial charge in [-0.2, -0.15) is 0 Å². The van der Waals surface area contributed by atoms with Crippen LogP contribution >= 0.6 is 0 Å². The molecule has 0 aromatic heterocycles. The Labute approximate surface area is 172 Å². The maximum atomic E-state index is 12.4. The van der Waals surface area contributed by atoms with Gasteiger partial charge in [0.2, 0.25) is 5.91 Å². The monoisotopic (exact) mass is 399 g/mol. The number of nitrogens with one attached hydrogen (secondary N) is 2. The summed E-state index contributed by atoms with van der Waals surface area (Å²) in [6.45, 7) is 6.10. The van der Waals surface area contributed by atoms with Crippen LogP contribution in [0.25, 0.3) is 0 Å². The van der Waals surface area contributed by atoms with Crippen molar-refractivity contribution in [1.29, 1.82) is 0 Å². The molecule has 0 aliphatic heterocycles. The Bertz CT molecular complexity index is 821. The summed E-state index contributed by atoms with van der Waals surface area (Å²) >= 11 is 0. The summed E-state index contributed by atoms with van der Waals surface area (Å²) in [6, 6.07) is 12.6. The van der Waals surface area contributed by atoms with Crippen LogP contribution in [-0.2, 0) is 11.3 Å². The molecule has 2 aromatic rings. The van der Waals surface area contributed by atoms with Gasteiger partial charge in [-0.05, 0) is 55.4 Å². The van der Waals surface area contributed by atoms with E-state index in [9.17, 15) is 9.59 Å². The fourth-order valence-electron chi connectivity index (χ4n) is 2.88. The standard InChI is InChI=1S/C22H29N3O4/c1-5-25(14-16-7-12-19(29-6-2)20(13-16)28-4)15-21(26)24-18-10-8-17(9-11-18)22(27)23-3/h7-13H,5-6,14-15H2,1-4H3,(H,23,27)(H,24,26). The summed E-state index contributed by atoms with van der Waals surface area (Å²) in [7, 11) is 3.19. The van der Waals surface area contributed by atoms with E-state index in [-0.39, 0.29) is 18.4 Å². The van der Waals surface area contributed by atoms with Gasteiger partial charge in [-0.3, -0.25) is 14.5 Å². The van der Waals surface area contributed by atoms with Crippen LogP contribution in [0.1, 0.15) is 29.8 Å². The van der Waals surface area contributed by atoms with Gasteiger partial charge in [0.1, 0.15) is 0 Å². The lowest BCUT2D eigenvalue weighted by Crippen LogP contribution is -2.32. The van der Waals surface area contributed by atoms with E-state index in [1.165, 1.54) is 0 Å². The number of nitrogens with zero attached hydrogens (tertiary/aromatic N) is 1. The highest BCUT2D eigenvalue weighted by molar-refractivity contribution is 5.96. The lowest BCUT2D eigenvalue weighted by molar-refractivity contribution is -0.117. The van der Waals surface area contributed by atoms with Crippen LogP contribution in [0, 0.1) is 0 Å². The predicted molar refractivity (Wildman–Crippen MR) is 114 cm³/mol. The van der Waals surface area contributed by atoms with Crippen molar-refractivity contribution < 1.29 is 19.1 Å². The largest absolute Gasteiger partial charge is 0.493 e. The second-order valence-electron chi connectivity index (χ2n) is 6.43. The number of hydrogen-bond acceptors (Lipinski definition) is 5. The van der Waals surface area contributed by atoms with Crippen LogP contribution in [-0.4, -0.2) is 50.6 Å². The zero-order valence-electron chi connectivity index (χ0n) is 17.5. The highest BCUT2D eigenvalue weighted by Crippen LogP contribution is 2.28.